The lowest BCUT2D eigenvalue weighted by Crippen LogP contribution is -2.63. The fourth-order valence-corrected chi connectivity index (χ4v) is 2.25. The van der Waals surface area contributed by atoms with Crippen molar-refractivity contribution in [3.8, 4) is 0 Å². The zero-order valence-electron chi connectivity index (χ0n) is 10.7. The van der Waals surface area contributed by atoms with Crippen LogP contribution in [-0.4, -0.2) is 31.2 Å². The van der Waals surface area contributed by atoms with Crippen LogP contribution in [-0.2, 0) is 9.53 Å². The van der Waals surface area contributed by atoms with Crippen molar-refractivity contribution in [3.05, 3.63) is 0 Å². The average molecular weight is 228 g/mol. The highest BCUT2D eigenvalue weighted by Gasteiger charge is 2.49. The second kappa shape index (κ2) is 5.15. The lowest BCUT2D eigenvalue weighted by Gasteiger charge is -2.51. The Morgan fingerprint density at radius 1 is 1.62 bits per heavy atom. The molecule has 0 bridgehead atoms. The maximum atomic E-state index is 11.7. The molecule has 0 aromatic rings. The largest absolute Gasteiger partial charge is 0.381 e. The van der Waals surface area contributed by atoms with Crippen LogP contribution in [0.15, 0.2) is 0 Å². The molecule has 0 heterocycles. The summed E-state index contributed by atoms with van der Waals surface area (Å²) in [4.78, 5) is 11.7. The Labute approximate surface area is 97.9 Å². The number of hydrogen-bond donors (Lipinski definition) is 2. The molecule has 1 aliphatic carbocycles. The molecule has 0 aromatic carbocycles. The number of rotatable bonds is 5. The van der Waals surface area contributed by atoms with Gasteiger partial charge in [-0.1, -0.05) is 27.2 Å². The summed E-state index contributed by atoms with van der Waals surface area (Å²) in [7, 11) is 1.72. The van der Waals surface area contributed by atoms with Crippen molar-refractivity contribution >= 4 is 5.91 Å². The first kappa shape index (κ1) is 13.5. The Morgan fingerprint density at radius 2 is 2.25 bits per heavy atom. The number of methoxy groups -OCH3 is 1. The summed E-state index contributed by atoms with van der Waals surface area (Å²) < 4.78 is 5.34. The molecular weight excluding hydrogens is 204 g/mol. The van der Waals surface area contributed by atoms with E-state index < -0.39 is 0 Å². The standard InChI is InChI=1S/C12H24N2O2/c1-5-6-8(13)11(15)14-9-7-10(16-4)12(9,2)3/h8-10H,5-7,13H2,1-4H3,(H,14,15)/t8-,9?,10?/m0/s1. The van der Waals surface area contributed by atoms with Crippen molar-refractivity contribution in [2.24, 2.45) is 11.1 Å². The molecule has 1 saturated carbocycles. The quantitative estimate of drug-likeness (QED) is 0.739. The number of carbonyl (C=O) groups is 1. The summed E-state index contributed by atoms with van der Waals surface area (Å²) in [6.07, 6.45) is 2.80. The van der Waals surface area contributed by atoms with Crippen LogP contribution in [0.1, 0.15) is 40.0 Å². The van der Waals surface area contributed by atoms with Gasteiger partial charge in [0, 0.05) is 18.6 Å². The highest BCUT2D eigenvalue weighted by molar-refractivity contribution is 5.81. The average Bonchev–Trinajstić information content (AvgIpc) is 2.23. The maximum absolute atomic E-state index is 11.7. The second-order valence-electron chi connectivity index (χ2n) is 5.24. The number of carbonyl (C=O) groups excluding carboxylic acids is 1. The monoisotopic (exact) mass is 228 g/mol. The smallest absolute Gasteiger partial charge is 0.237 e. The fraction of sp³-hybridized carbons (Fsp3) is 0.917. The van der Waals surface area contributed by atoms with Gasteiger partial charge in [-0.2, -0.15) is 0 Å². The van der Waals surface area contributed by atoms with Crippen molar-refractivity contribution in [1.29, 1.82) is 0 Å². The Balaban J connectivity index is 2.42. The van der Waals surface area contributed by atoms with E-state index in [1.54, 1.807) is 7.11 Å². The van der Waals surface area contributed by atoms with Crippen LogP contribution in [0.3, 0.4) is 0 Å². The third-order valence-electron chi connectivity index (χ3n) is 3.72. The van der Waals surface area contributed by atoms with Crippen LogP contribution < -0.4 is 11.1 Å². The fourth-order valence-electron chi connectivity index (χ4n) is 2.25. The molecular formula is C12H24N2O2. The van der Waals surface area contributed by atoms with E-state index >= 15 is 0 Å². The minimum Gasteiger partial charge on any atom is -0.381 e. The number of nitrogens with one attached hydrogen (secondary N) is 1. The van der Waals surface area contributed by atoms with E-state index in [9.17, 15) is 4.79 Å². The molecule has 4 nitrogen and oxygen atoms in total. The van der Waals surface area contributed by atoms with Crippen molar-refractivity contribution < 1.29 is 9.53 Å². The number of hydrogen-bond acceptors (Lipinski definition) is 3. The third-order valence-corrected chi connectivity index (χ3v) is 3.72. The first-order chi connectivity index (χ1) is 7.43. The molecule has 2 unspecified atom stereocenters. The topological polar surface area (TPSA) is 64.4 Å². The van der Waals surface area contributed by atoms with Crippen LogP contribution in [0.4, 0.5) is 0 Å². The van der Waals surface area contributed by atoms with Gasteiger partial charge >= 0.3 is 0 Å². The summed E-state index contributed by atoms with van der Waals surface area (Å²) in [5, 5.41) is 3.01. The van der Waals surface area contributed by atoms with Gasteiger partial charge in [0.15, 0.2) is 0 Å². The Bertz CT molecular complexity index is 253. The predicted octanol–water partition coefficient (Wildman–Crippen LogP) is 1.04. The molecule has 0 radical (unpaired) electrons. The molecule has 0 aromatic heterocycles. The minimum absolute atomic E-state index is 0.0103. The second-order valence-corrected chi connectivity index (χ2v) is 5.24. The number of nitrogens with two attached hydrogens (primary N) is 1. The SMILES string of the molecule is CCC[C@H](N)C(=O)NC1CC(OC)C1(C)C. The van der Waals surface area contributed by atoms with Gasteiger partial charge < -0.3 is 15.8 Å². The molecule has 1 rings (SSSR count). The third kappa shape index (κ3) is 2.55. The van der Waals surface area contributed by atoms with E-state index in [2.05, 4.69) is 19.2 Å². The van der Waals surface area contributed by atoms with E-state index in [0.29, 0.717) is 0 Å². The van der Waals surface area contributed by atoms with Gasteiger partial charge in [-0.15, -0.1) is 0 Å². The maximum Gasteiger partial charge on any atom is 0.237 e. The highest BCUT2D eigenvalue weighted by atomic mass is 16.5. The molecule has 1 amide bonds. The summed E-state index contributed by atoms with van der Waals surface area (Å²) in [6, 6.07) is -0.185. The van der Waals surface area contributed by atoms with Gasteiger partial charge in [0.25, 0.3) is 0 Å². The normalized spacial score (nSPS) is 29.3. The van der Waals surface area contributed by atoms with E-state index in [1.807, 2.05) is 6.92 Å². The minimum atomic E-state index is -0.373. The van der Waals surface area contributed by atoms with Crippen LogP contribution in [0.2, 0.25) is 0 Å². The van der Waals surface area contributed by atoms with E-state index in [0.717, 1.165) is 19.3 Å². The molecule has 0 aliphatic heterocycles. The molecule has 16 heavy (non-hydrogen) atoms. The van der Waals surface area contributed by atoms with Crippen molar-refractivity contribution in [2.45, 2.75) is 58.2 Å². The predicted molar refractivity (Wildman–Crippen MR) is 64.0 cm³/mol. The van der Waals surface area contributed by atoms with Crippen LogP contribution in [0.25, 0.3) is 0 Å². The van der Waals surface area contributed by atoms with Crippen molar-refractivity contribution in [3.63, 3.8) is 0 Å². The lowest BCUT2D eigenvalue weighted by molar-refractivity contribution is -0.133. The summed E-state index contributed by atoms with van der Waals surface area (Å²) >= 11 is 0. The van der Waals surface area contributed by atoms with Gasteiger partial charge in [-0.3, -0.25) is 4.79 Å². The Morgan fingerprint density at radius 3 is 2.69 bits per heavy atom. The molecule has 0 saturated heterocycles. The zero-order chi connectivity index (χ0) is 12.3. The van der Waals surface area contributed by atoms with Crippen molar-refractivity contribution in [2.75, 3.05) is 7.11 Å². The molecule has 94 valence electrons. The molecule has 3 atom stereocenters. The zero-order valence-corrected chi connectivity index (χ0v) is 10.7. The Hall–Kier alpha value is -0.610. The molecule has 1 fully saturated rings. The van der Waals surface area contributed by atoms with E-state index in [1.165, 1.54) is 0 Å². The van der Waals surface area contributed by atoms with Gasteiger partial charge in [0.05, 0.1) is 12.1 Å². The summed E-state index contributed by atoms with van der Waals surface area (Å²) in [6.45, 7) is 6.25. The van der Waals surface area contributed by atoms with E-state index in [-0.39, 0.29) is 29.5 Å². The van der Waals surface area contributed by atoms with Gasteiger partial charge in [-0.05, 0) is 12.8 Å². The number of ether oxygens (including phenoxy) is 1. The molecule has 4 heteroatoms. The lowest BCUT2D eigenvalue weighted by atomic mass is 9.64. The molecule has 3 N–H and O–H groups in total. The van der Waals surface area contributed by atoms with Crippen LogP contribution >= 0.6 is 0 Å². The first-order valence-corrected chi connectivity index (χ1v) is 6.02. The molecule has 0 spiro atoms. The van der Waals surface area contributed by atoms with Crippen molar-refractivity contribution in [1.82, 2.24) is 5.32 Å². The van der Waals surface area contributed by atoms with E-state index in [4.69, 9.17) is 10.5 Å². The summed E-state index contributed by atoms with van der Waals surface area (Å²) in [5.74, 6) is -0.0329. The van der Waals surface area contributed by atoms with Gasteiger partial charge in [0.2, 0.25) is 5.91 Å². The highest BCUT2D eigenvalue weighted by Crippen LogP contribution is 2.42. The number of amides is 1. The molecule has 1 aliphatic rings. The first-order valence-electron chi connectivity index (χ1n) is 6.02. The Kier molecular flexibility index (Phi) is 4.33. The summed E-state index contributed by atoms with van der Waals surface area (Å²) in [5.41, 5.74) is 5.78. The van der Waals surface area contributed by atoms with Crippen LogP contribution in [0.5, 0.6) is 0 Å². The van der Waals surface area contributed by atoms with Gasteiger partial charge in [0.1, 0.15) is 0 Å². The van der Waals surface area contributed by atoms with Crippen LogP contribution in [0, 0.1) is 5.41 Å². The van der Waals surface area contributed by atoms with Gasteiger partial charge in [-0.25, -0.2) is 0 Å².